The molecule has 1 aromatic heterocycles. The Morgan fingerprint density at radius 3 is 2.70 bits per heavy atom. The second-order valence-corrected chi connectivity index (χ2v) is 4.63. The van der Waals surface area contributed by atoms with Crippen LogP contribution in [0.25, 0.3) is 0 Å². The summed E-state index contributed by atoms with van der Waals surface area (Å²) in [6.07, 6.45) is 1.22. The van der Waals surface area contributed by atoms with E-state index in [0.29, 0.717) is 13.2 Å². The summed E-state index contributed by atoms with van der Waals surface area (Å²) >= 11 is 0. The number of hydrogen-bond acceptors (Lipinski definition) is 4. The molecule has 0 aliphatic carbocycles. The van der Waals surface area contributed by atoms with Crippen LogP contribution in [-0.4, -0.2) is 18.2 Å². The van der Waals surface area contributed by atoms with Crippen LogP contribution >= 0.6 is 0 Å². The monoisotopic (exact) mass is 274 g/mol. The van der Waals surface area contributed by atoms with Crippen LogP contribution < -0.4 is 14.8 Å². The SMILES string of the molecule is CC(Nc1ccc2c(c1)OCCO2)c1ccc(F)cn1. The lowest BCUT2D eigenvalue weighted by molar-refractivity contribution is 0.171. The zero-order valence-corrected chi connectivity index (χ0v) is 11.1. The normalized spacial score (nSPS) is 14.7. The number of fused-ring (bicyclic) bond motifs is 1. The predicted molar refractivity (Wildman–Crippen MR) is 73.7 cm³/mol. The molecule has 0 fully saturated rings. The minimum absolute atomic E-state index is 0.0295. The van der Waals surface area contributed by atoms with Crippen LogP contribution in [0.15, 0.2) is 36.5 Å². The first-order valence-electron chi connectivity index (χ1n) is 6.50. The van der Waals surface area contributed by atoms with Gasteiger partial charge in [-0.3, -0.25) is 4.98 Å². The lowest BCUT2D eigenvalue weighted by Crippen LogP contribution is -2.15. The first-order valence-corrected chi connectivity index (χ1v) is 6.50. The number of rotatable bonds is 3. The van der Waals surface area contributed by atoms with E-state index in [2.05, 4.69) is 10.3 Å². The fourth-order valence-corrected chi connectivity index (χ4v) is 2.10. The summed E-state index contributed by atoms with van der Waals surface area (Å²) in [7, 11) is 0. The standard InChI is InChI=1S/C15H15FN2O2/c1-10(13-4-2-11(16)9-17-13)18-12-3-5-14-15(8-12)20-7-6-19-14/h2-5,8-10,18H,6-7H2,1H3. The summed E-state index contributed by atoms with van der Waals surface area (Å²) in [6.45, 7) is 3.11. The van der Waals surface area contributed by atoms with Gasteiger partial charge in [0.05, 0.1) is 17.9 Å². The van der Waals surface area contributed by atoms with Crippen molar-refractivity contribution in [1.29, 1.82) is 0 Å². The van der Waals surface area contributed by atoms with Crippen LogP contribution in [0.3, 0.4) is 0 Å². The van der Waals surface area contributed by atoms with E-state index in [1.54, 1.807) is 6.07 Å². The Morgan fingerprint density at radius 2 is 1.95 bits per heavy atom. The molecule has 1 unspecified atom stereocenters. The molecule has 2 heterocycles. The second-order valence-electron chi connectivity index (χ2n) is 4.63. The zero-order valence-electron chi connectivity index (χ0n) is 11.1. The predicted octanol–water partition coefficient (Wildman–Crippen LogP) is 3.17. The minimum atomic E-state index is -0.333. The van der Waals surface area contributed by atoms with Crippen molar-refractivity contribution in [2.45, 2.75) is 13.0 Å². The van der Waals surface area contributed by atoms with Gasteiger partial charge in [-0.05, 0) is 31.2 Å². The van der Waals surface area contributed by atoms with Gasteiger partial charge in [-0.1, -0.05) is 0 Å². The van der Waals surface area contributed by atoms with Gasteiger partial charge in [-0.15, -0.1) is 0 Å². The number of aromatic nitrogens is 1. The van der Waals surface area contributed by atoms with Gasteiger partial charge in [0, 0.05) is 11.8 Å². The van der Waals surface area contributed by atoms with Gasteiger partial charge in [0.1, 0.15) is 19.0 Å². The summed E-state index contributed by atoms with van der Waals surface area (Å²) < 4.78 is 23.9. The number of nitrogens with zero attached hydrogens (tertiary/aromatic N) is 1. The summed E-state index contributed by atoms with van der Waals surface area (Å²) in [5.74, 6) is 1.16. The van der Waals surface area contributed by atoms with Gasteiger partial charge in [0.25, 0.3) is 0 Å². The van der Waals surface area contributed by atoms with Gasteiger partial charge in [-0.2, -0.15) is 0 Å². The van der Waals surface area contributed by atoms with Gasteiger partial charge in [0.15, 0.2) is 11.5 Å². The van der Waals surface area contributed by atoms with Crippen molar-refractivity contribution in [2.24, 2.45) is 0 Å². The van der Waals surface area contributed by atoms with E-state index in [9.17, 15) is 4.39 Å². The van der Waals surface area contributed by atoms with E-state index in [-0.39, 0.29) is 11.9 Å². The lowest BCUT2D eigenvalue weighted by atomic mass is 10.2. The largest absolute Gasteiger partial charge is 0.486 e. The molecule has 2 aromatic rings. The van der Waals surface area contributed by atoms with Crippen LogP contribution in [0.5, 0.6) is 11.5 Å². The highest BCUT2D eigenvalue weighted by molar-refractivity contribution is 5.55. The Bertz CT molecular complexity index is 601. The topological polar surface area (TPSA) is 43.4 Å². The Hall–Kier alpha value is -2.30. The maximum atomic E-state index is 12.9. The minimum Gasteiger partial charge on any atom is -0.486 e. The number of nitrogens with one attached hydrogen (secondary N) is 1. The smallest absolute Gasteiger partial charge is 0.163 e. The highest BCUT2D eigenvalue weighted by Gasteiger charge is 2.13. The molecule has 104 valence electrons. The van der Waals surface area contributed by atoms with Crippen molar-refractivity contribution >= 4 is 5.69 Å². The van der Waals surface area contributed by atoms with Crippen LogP contribution in [0.4, 0.5) is 10.1 Å². The molecule has 0 radical (unpaired) electrons. The lowest BCUT2D eigenvalue weighted by Gasteiger charge is -2.20. The third-order valence-corrected chi connectivity index (χ3v) is 3.12. The van der Waals surface area contributed by atoms with E-state index in [1.165, 1.54) is 12.3 Å². The molecule has 4 nitrogen and oxygen atoms in total. The van der Waals surface area contributed by atoms with Gasteiger partial charge in [-0.25, -0.2) is 4.39 Å². The van der Waals surface area contributed by atoms with E-state index in [1.807, 2.05) is 25.1 Å². The molecule has 1 N–H and O–H groups in total. The highest BCUT2D eigenvalue weighted by atomic mass is 19.1. The molecule has 1 aromatic carbocycles. The van der Waals surface area contributed by atoms with Gasteiger partial charge in [0.2, 0.25) is 0 Å². The molecule has 0 bridgehead atoms. The average molecular weight is 274 g/mol. The third-order valence-electron chi connectivity index (χ3n) is 3.12. The fourth-order valence-electron chi connectivity index (χ4n) is 2.10. The molecule has 1 aliphatic heterocycles. The number of halogens is 1. The number of anilines is 1. The summed E-state index contributed by atoms with van der Waals surface area (Å²) in [4.78, 5) is 4.07. The van der Waals surface area contributed by atoms with Gasteiger partial charge >= 0.3 is 0 Å². The maximum absolute atomic E-state index is 12.9. The quantitative estimate of drug-likeness (QED) is 0.933. The Kier molecular flexibility index (Phi) is 3.41. The van der Waals surface area contributed by atoms with E-state index in [4.69, 9.17) is 9.47 Å². The summed E-state index contributed by atoms with van der Waals surface area (Å²) in [6, 6.07) is 8.75. The zero-order chi connectivity index (χ0) is 13.9. The van der Waals surface area contributed by atoms with Crippen LogP contribution in [-0.2, 0) is 0 Å². The van der Waals surface area contributed by atoms with Crippen molar-refractivity contribution in [1.82, 2.24) is 4.98 Å². The molecule has 0 saturated heterocycles. The Morgan fingerprint density at radius 1 is 1.15 bits per heavy atom. The molecule has 5 heteroatoms. The molecule has 0 amide bonds. The van der Waals surface area contributed by atoms with Crippen molar-refractivity contribution in [2.75, 3.05) is 18.5 Å². The number of hydrogen-bond donors (Lipinski definition) is 1. The Balaban J connectivity index is 1.75. The van der Waals surface area contributed by atoms with Crippen molar-refractivity contribution in [3.05, 3.63) is 48.0 Å². The molecule has 3 rings (SSSR count). The van der Waals surface area contributed by atoms with E-state index in [0.717, 1.165) is 22.9 Å². The second kappa shape index (κ2) is 5.36. The molecule has 20 heavy (non-hydrogen) atoms. The summed E-state index contributed by atoms with van der Waals surface area (Å²) in [5.41, 5.74) is 1.69. The first kappa shape index (κ1) is 12.7. The highest BCUT2D eigenvalue weighted by Crippen LogP contribution is 2.33. The third kappa shape index (κ3) is 2.66. The van der Waals surface area contributed by atoms with Crippen LogP contribution in [0, 0.1) is 5.82 Å². The van der Waals surface area contributed by atoms with Crippen molar-refractivity contribution in [3.63, 3.8) is 0 Å². The summed E-state index contributed by atoms with van der Waals surface area (Å²) in [5, 5.41) is 3.31. The number of pyridine rings is 1. The molecule has 1 aliphatic rings. The molecular formula is C15H15FN2O2. The molecule has 1 atom stereocenters. The van der Waals surface area contributed by atoms with Crippen LogP contribution in [0.2, 0.25) is 0 Å². The maximum Gasteiger partial charge on any atom is 0.163 e. The van der Waals surface area contributed by atoms with Crippen LogP contribution in [0.1, 0.15) is 18.7 Å². The van der Waals surface area contributed by atoms with E-state index < -0.39 is 0 Å². The van der Waals surface area contributed by atoms with E-state index >= 15 is 0 Å². The van der Waals surface area contributed by atoms with Gasteiger partial charge < -0.3 is 14.8 Å². The number of benzene rings is 1. The van der Waals surface area contributed by atoms with Crippen molar-refractivity contribution in [3.8, 4) is 11.5 Å². The number of ether oxygens (including phenoxy) is 2. The molecule has 0 spiro atoms. The molecular weight excluding hydrogens is 259 g/mol. The Labute approximate surface area is 116 Å². The average Bonchev–Trinajstić information content (AvgIpc) is 2.48. The van der Waals surface area contributed by atoms with Crippen molar-refractivity contribution < 1.29 is 13.9 Å². The fraction of sp³-hybridized carbons (Fsp3) is 0.267. The molecule has 0 saturated carbocycles. The first-order chi connectivity index (χ1) is 9.72.